The summed E-state index contributed by atoms with van der Waals surface area (Å²) in [6.45, 7) is 2.77. The quantitative estimate of drug-likeness (QED) is 0.871. The number of hydrogen-bond acceptors (Lipinski definition) is 3. The SMILES string of the molecule is CCCN(C(=O)c1cc2c(s1)CCC2)c1ccccc1N. The predicted molar refractivity (Wildman–Crippen MR) is 89.2 cm³/mol. The minimum atomic E-state index is 0.0779. The van der Waals surface area contributed by atoms with Crippen LogP contribution in [-0.4, -0.2) is 12.5 Å². The number of nitrogen functional groups attached to an aromatic ring is 1. The number of carbonyl (C=O) groups is 1. The average molecular weight is 300 g/mol. The van der Waals surface area contributed by atoms with Gasteiger partial charge in [0.15, 0.2) is 0 Å². The summed E-state index contributed by atoms with van der Waals surface area (Å²) in [5, 5.41) is 0. The van der Waals surface area contributed by atoms with Crippen LogP contribution in [0.3, 0.4) is 0 Å². The largest absolute Gasteiger partial charge is 0.397 e. The van der Waals surface area contributed by atoms with Crippen LogP contribution in [0, 0.1) is 0 Å². The summed E-state index contributed by atoms with van der Waals surface area (Å²) in [7, 11) is 0. The van der Waals surface area contributed by atoms with Crippen LogP contribution in [0.4, 0.5) is 11.4 Å². The molecule has 2 N–H and O–H groups in total. The Kier molecular flexibility index (Phi) is 3.97. The second-order valence-electron chi connectivity index (χ2n) is 5.43. The molecule has 0 spiro atoms. The fraction of sp³-hybridized carbons (Fsp3) is 0.353. The number of amides is 1. The van der Waals surface area contributed by atoms with Gasteiger partial charge in [0.05, 0.1) is 16.3 Å². The van der Waals surface area contributed by atoms with Crippen molar-refractivity contribution in [1.82, 2.24) is 0 Å². The molecule has 1 aromatic heterocycles. The highest BCUT2D eigenvalue weighted by Gasteiger charge is 2.23. The number of carbonyl (C=O) groups excluding carboxylic acids is 1. The van der Waals surface area contributed by atoms with Crippen LogP contribution in [0.25, 0.3) is 0 Å². The summed E-state index contributed by atoms with van der Waals surface area (Å²) in [6.07, 6.45) is 4.36. The van der Waals surface area contributed by atoms with Crippen molar-refractivity contribution in [3.8, 4) is 0 Å². The van der Waals surface area contributed by atoms with Gasteiger partial charge in [0.1, 0.15) is 0 Å². The van der Waals surface area contributed by atoms with E-state index in [2.05, 4.69) is 13.0 Å². The lowest BCUT2D eigenvalue weighted by Gasteiger charge is -2.23. The van der Waals surface area contributed by atoms with Crippen LogP contribution < -0.4 is 10.6 Å². The number of fused-ring (bicyclic) bond motifs is 1. The minimum absolute atomic E-state index is 0.0779. The Morgan fingerprint density at radius 2 is 2.14 bits per heavy atom. The Balaban J connectivity index is 1.93. The van der Waals surface area contributed by atoms with E-state index in [4.69, 9.17) is 5.73 Å². The molecule has 0 aliphatic heterocycles. The zero-order valence-electron chi connectivity index (χ0n) is 12.3. The molecule has 3 nitrogen and oxygen atoms in total. The summed E-state index contributed by atoms with van der Waals surface area (Å²) in [5.41, 5.74) is 8.88. The van der Waals surface area contributed by atoms with Crippen molar-refractivity contribution < 1.29 is 4.79 Å². The first-order valence-corrected chi connectivity index (χ1v) is 8.30. The van der Waals surface area contributed by atoms with Crippen LogP contribution >= 0.6 is 11.3 Å². The molecule has 1 heterocycles. The lowest BCUT2D eigenvalue weighted by molar-refractivity contribution is 0.0991. The van der Waals surface area contributed by atoms with E-state index in [0.717, 1.165) is 29.8 Å². The maximum atomic E-state index is 12.9. The van der Waals surface area contributed by atoms with Gasteiger partial charge < -0.3 is 10.6 Å². The van der Waals surface area contributed by atoms with Crippen LogP contribution in [0.15, 0.2) is 30.3 Å². The van der Waals surface area contributed by atoms with Crippen molar-refractivity contribution >= 4 is 28.6 Å². The molecule has 2 aromatic rings. The van der Waals surface area contributed by atoms with Crippen molar-refractivity contribution in [2.45, 2.75) is 32.6 Å². The molecular weight excluding hydrogens is 280 g/mol. The third kappa shape index (κ3) is 2.68. The van der Waals surface area contributed by atoms with Crippen LogP contribution in [0.1, 0.15) is 39.9 Å². The van der Waals surface area contributed by atoms with E-state index in [1.165, 1.54) is 16.9 Å². The second-order valence-corrected chi connectivity index (χ2v) is 6.56. The number of hydrogen-bond donors (Lipinski definition) is 1. The van der Waals surface area contributed by atoms with Gasteiger partial charge in [-0.1, -0.05) is 19.1 Å². The molecule has 0 radical (unpaired) electrons. The highest BCUT2D eigenvalue weighted by atomic mass is 32.1. The zero-order valence-corrected chi connectivity index (χ0v) is 13.1. The second kappa shape index (κ2) is 5.90. The molecule has 1 amide bonds. The highest BCUT2D eigenvalue weighted by molar-refractivity contribution is 7.14. The summed E-state index contributed by atoms with van der Waals surface area (Å²) >= 11 is 1.65. The normalized spacial score (nSPS) is 13.2. The molecular formula is C17H20N2OS. The van der Waals surface area contributed by atoms with E-state index >= 15 is 0 Å². The summed E-state index contributed by atoms with van der Waals surface area (Å²) in [6, 6.07) is 9.67. The fourth-order valence-electron chi connectivity index (χ4n) is 2.86. The Morgan fingerprint density at radius 3 is 2.86 bits per heavy atom. The molecule has 0 atom stereocenters. The molecule has 0 unspecified atom stereocenters. The van der Waals surface area contributed by atoms with Gasteiger partial charge >= 0.3 is 0 Å². The van der Waals surface area contributed by atoms with Gasteiger partial charge in [-0.3, -0.25) is 4.79 Å². The van der Waals surface area contributed by atoms with Gasteiger partial charge in [-0.05, 0) is 49.4 Å². The summed E-state index contributed by atoms with van der Waals surface area (Å²) in [5.74, 6) is 0.0779. The van der Waals surface area contributed by atoms with Gasteiger partial charge in [-0.2, -0.15) is 0 Å². The van der Waals surface area contributed by atoms with Gasteiger partial charge in [0, 0.05) is 11.4 Å². The molecule has 21 heavy (non-hydrogen) atoms. The predicted octanol–water partition coefficient (Wildman–Crippen LogP) is 3.88. The monoisotopic (exact) mass is 300 g/mol. The summed E-state index contributed by atoms with van der Waals surface area (Å²) in [4.78, 5) is 16.9. The van der Waals surface area contributed by atoms with Crippen molar-refractivity contribution in [1.29, 1.82) is 0 Å². The topological polar surface area (TPSA) is 46.3 Å². The van der Waals surface area contributed by atoms with Crippen molar-refractivity contribution in [2.24, 2.45) is 0 Å². The van der Waals surface area contributed by atoms with Crippen LogP contribution in [0.5, 0.6) is 0 Å². The van der Waals surface area contributed by atoms with E-state index in [0.29, 0.717) is 12.2 Å². The molecule has 110 valence electrons. The molecule has 0 bridgehead atoms. The molecule has 1 aliphatic rings. The lowest BCUT2D eigenvalue weighted by atomic mass is 10.2. The third-order valence-electron chi connectivity index (χ3n) is 3.88. The molecule has 0 saturated heterocycles. The first-order valence-electron chi connectivity index (χ1n) is 7.48. The number of nitrogens with two attached hydrogens (primary N) is 1. The molecule has 1 aromatic carbocycles. The number of nitrogens with zero attached hydrogens (tertiary/aromatic N) is 1. The van der Waals surface area contributed by atoms with Gasteiger partial charge in [0.25, 0.3) is 5.91 Å². The standard InChI is InChI=1S/C17H20N2OS/c1-2-10-19(14-8-4-3-7-13(14)18)17(20)16-11-12-6-5-9-15(12)21-16/h3-4,7-8,11H,2,5-6,9-10,18H2,1H3. The van der Waals surface area contributed by atoms with E-state index in [1.54, 1.807) is 11.3 Å². The Hall–Kier alpha value is -1.81. The van der Waals surface area contributed by atoms with Crippen molar-refractivity contribution in [3.63, 3.8) is 0 Å². The molecule has 0 fully saturated rings. The zero-order chi connectivity index (χ0) is 14.8. The maximum absolute atomic E-state index is 12.9. The number of thiophene rings is 1. The van der Waals surface area contributed by atoms with Crippen LogP contribution in [-0.2, 0) is 12.8 Å². The average Bonchev–Trinajstić information content (AvgIpc) is 3.06. The highest BCUT2D eigenvalue weighted by Crippen LogP contribution is 2.33. The third-order valence-corrected chi connectivity index (χ3v) is 5.10. The Morgan fingerprint density at radius 1 is 1.33 bits per heavy atom. The smallest absolute Gasteiger partial charge is 0.268 e. The Labute approximate surface area is 129 Å². The first kappa shape index (κ1) is 14.1. The van der Waals surface area contributed by atoms with E-state index in [9.17, 15) is 4.79 Å². The minimum Gasteiger partial charge on any atom is -0.397 e. The van der Waals surface area contributed by atoms with E-state index in [1.807, 2.05) is 29.2 Å². The van der Waals surface area contributed by atoms with Crippen LogP contribution in [0.2, 0.25) is 0 Å². The van der Waals surface area contributed by atoms with E-state index in [-0.39, 0.29) is 5.91 Å². The maximum Gasteiger partial charge on any atom is 0.268 e. The van der Waals surface area contributed by atoms with Gasteiger partial charge in [0.2, 0.25) is 0 Å². The molecule has 3 rings (SSSR count). The van der Waals surface area contributed by atoms with E-state index < -0.39 is 0 Å². The molecule has 0 saturated carbocycles. The van der Waals surface area contributed by atoms with Gasteiger partial charge in [-0.15, -0.1) is 11.3 Å². The lowest BCUT2D eigenvalue weighted by Crippen LogP contribution is -2.31. The number of anilines is 2. The fourth-order valence-corrected chi connectivity index (χ4v) is 4.06. The molecule has 1 aliphatic carbocycles. The number of aryl methyl sites for hydroxylation is 2. The van der Waals surface area contributed by atoms with Gasteiger partial charge in [-0.25, -0.2) is 0 Å². The van der Waals surface area contributed by atoms with Crippen molar-refractivity contribution in [3.05, 3.63) is 45.6 Å². The number of para-hydroxylation sites is 2. The van der Waals surface area contributed by atoms with Crippen molar-refractivity contribution in [2.75, 3.05) is 17.2 Å². The number of rotatable bonds is 4. The summed E-state index contributed by atoms with van der Waals surface area (Å²) < 4.78 is 0. The number of benzene rings is 1. The first-order chi connectivity index (χ1) is 10.2. The molecule has 4 heteroatoms. The Bertz CT molecular complexity index is 641.